The van der Waals surface area contributed by atoms with Crippen molar-refractivity contribution in [1.82, 2.24) is 20.2 Å². The Morgan fingerprint density at radius 2 is 1.90 bits per heavy atom. The average molecular weight is 407 g/mol. The molecule has 2 bridgehead atoms. The zero-order chi connectivity index (χ0) is 21.3. The highest BCUT2D eigenvalue weighted by atomic mass is 19.1. The molecule has 2 heterocycles. The molecular weight excluding hydrogens is 388 g/mol. The lowest BCUT2D eigenvalue weighted by Crippen LogP contribution is -2.38. The van der Waals surface area contributed by atoms with Gasteiger partial charge in [0.25, 0.3) is 5.91 Å². The van der Waals surface area contributed by atoms with Crippen LogP contribution in [-0.2, 0) is 5.41 Å². The summed E-state index contributed by atoms with van der Waals surface area (Å²) >= 11 is 0. The monoisotopic (exact) mass is 407 g/mol. The van der Waals surface area contributed by atoms with Crippen molar-refractivity contribution >= 4 is 5.91 Å². The summed E-state index contributed by atoms with van der Waals surface area (Å²) in [5.74, 6) is -1.90. The molecule has 2 aromatic heterocycles. The Kier molecular flexibility index (Phi) is 3.81. The van der Waals surface area contributed by atoms with Gasteiger partial charge < -0.3 is 5.73 Å². The SMILES string of the molecule is CC1(C)[C@H]2CC[C@]1(c1cncc(C(N)=O)n1)c1nnc(-c3c(F)cccc3F)cc12. The Bertz CT molecular complexity index is 1190. The van der Waals surface area contributed by atoms with Gasteiger partial charge in [-0.1, -0.05) is 19.9 Å². The molecule has 5 rings (SSSR count). The van der Waals surface area contributed by atoms with Crippen LogP contribution in [0.4, 0.5) is 8.78 Å². The quantitative estimate of drug-likeness (QED) is 0.717. The van der Waals surface area contributed by atoms with E-state index in [9.17, 15) is 13.6 Å². The fourth-order valence-electron chi connectivity index (χ4n) is 5.45. The van der Waals surface area contributed by atoms with Gasteiger partial charge in [0.1, 0.15) is 17.3 Å². The van der Waals surface area contributed by atoms with Gasteiger partial charge in [-0.05, 0) is 47.9 Å². The maximum absolute atomic E-state index is 14.3. The topological polar surface area (TPSA) is 94.7 Å². The lowest BCUT2D eigenvalue weighted by atomic mass is 9.66. The fourth-order valence-corrected chi connectivity index (χ4v) is 5.45. The number of fused-ring (bicyclic) bond motifs is 5. The zero-order valence-electron chi connectivity index (χ0n) is 16.5. The molecule has 1 aromatic carbocycles. The van der Waals surface area contributed by atoms with Gasteiger partial charge in [-0.25, -0.2) is 13.8 Å². The van der Waals surface area contributed by atoms with Gasteiger partial charge in [0.05, 0.1) is 34.3 Å². The van der Waals surface area contributed by atoms with Crippen molar-refractivity contribution in [3.05, 3.63) is 70.9 Å². The van der Waals surface area contributed by atoms with Gasteiger partial charge in [-0.3, -0.25) is 9.78 Å². The maximum Gasteiger partial charge on any atom is 0.268 e. The number of hydrogen-bond acceptors (Lipinski definition) is 5. The van der Waals surface area contributed by atoms with Gasteiger partial charge in [0, 0.05) is 6.20 Å². The van der Waals surface area contributed by atoms with Crippen molar-refractivity contribution in [2.24, 2.45) is 11.1 Å². The summed E-state index contributed by atoms with van der Waals surface area (Å²) in [6, 6.07) is 5.47. The molecule has 6 nitrogen and oxygen atoms in total. The van der Waals surface area contributed by atoms with E-state index in [-0.39, 0.29) is 28.3 Å². The predicted molar refractivity (Wildman–Crippen MR) is 104 cm³/mol. The van der Waals surface area contributed by atoms with Crippen LogP contribution < -0.4 is 5.73 Å². The largest absolute Gasteiger partial charge is 0.364 e. The molecule has 30 heavy (non-hydrogen) atoms. The number of nitrogens with two attached hydrogens (primary N) is 1. The first-order valence-electron chi connectivity index (χ1n) is 9.72. The van der Waals surface area contributed by atoms with Crippen LogP contribution in [0.1, 0.15) is 60.0 Å². The first-order chi connectivity index (χ1) is 14.3. The summed E-state index contributed by atoms with van der Waals surface area (Å²) in [6.07, 6.45) is 4.59. The number of benzene rings is 1. The molecule has 0 saturated heterocycles. The Morgan fingerprint density at radius 1 is 1.17 bits per heavy atom. The van der Waals surface area contributed by atoms with Crippen LogP contribution in [0, 0.1) is 17.0 Å². The van der Waals surface area contributed by atoms with Crippen LogP contribution in [0.2, 0.25) is 0 Å². The number of carbonyl (C=O) groups excluding carboxylic acids is 1. The van der Waals surface area contributed by atoms with Gasteiger partial charge in [-0.2, -0.15) is 5.10 Å². The molecular formula is C22H19F2N5O. The summed E-state index contributed by atoms with van der Waals surface area (Å²) < 4.78 is 28.6. The van der Waals surface area contributed by atoms with E-state index < -0.39 is 23.0 Å². The van der Waals surface area contributed by atoms with E-state index in [2.05, 4.69) is 34.0 Å². The van der Waals surface area contributed by atoms with Crippen LogP contribution in [0.3, 0.4) is 0 Å². The second kappa shape index (κ2) is 6.10. The van der Waals surface area contributed by atoms with Crippen molar-refractivity contribution < 1.29 is 13.6 Å². The normalized spacial score (nSPS) is 23.4. The van der Waals surface area contributed by atoms with E-state index in [0.29, 0.717) is 5.69 Å². The number of rotatable bonds is 3. The summed E-state index contributed by atoms with van der Waals surface area (Å²) in [5.41, 5.74) is 6.82. The van der Waals surface area contributed by atoms with Gasteiger partial charge in [0.15, 0.2) is 0 Å². The fraction of sp³-hybridized carbons (Fsp3) is 0.318. The molecule has 0 aliphatic heterocycles. The third-order valence-corrected chi connectivity index (χ3v) is 6.93. The Balaban J connectivity index is 1.72. The summed E-state index contributed by atoms with van der Waals surface area (Å²) in [4.78, 5) is 20.3. The third kappa shape index (κ3) is 2.24. The first kappa shape index (κ1) is 18.7. The number of halogens is 2. The van der Waals surface area contributed by atoms with Crippen molar-refractivity contribution in [2.75, 3.05) is 0 Å². The van der Waals surface area contributed by atoms with Gasteiger partial charge >= 0.3 is 0 Å². The summed E-state index contributed by atoms with van der Waals surface area (Å²) in [7, 11) is 0. The molecule has 2 atom stereocenters. The van der Waals surface area contributed by atoms with Crippen molar-refractivity contribution in [2.45, 2.75) is 38.0 Å². The molecule has 1 amide bonds. The molecule has 3 aromatic rings. The smallest absolute Gasteiger partial charge is 0.268 e. The van der Waals surface area contributed by atoms with Crippen molar-refractivity contribution in [1.29, 1.82) is 0 Å². The van der Waals surface area contributed by atoms with Crippen LogP contribution in [0.5, 0.6) is 0 Å². The zero-order valence-corrected chi connectivity index (χ0v) is 16.5. The standard InChI is InChI=1S/C22H19F2N5O/c1-21(2)12-6-7-22(21,17-10-26-9-16(27-17)20(25)30)19-11(12)8-15(28-29-19)18-13(23)4-3-5-14(18)24/h3-5,8-10,12H,6-7H2,1-2H3,(H2,25,30)/t12-,22-/m0/s1. The minimum atomic E-state index is -0.679. The molecule has 0 unspecified atom stereocenters. The molecule has 1 fully saturated rings. The average Bonchev–Trinajstić information content (AvgIpc) is 3.09. The van der Waals surface area contributed by atoms with E-state index >= 15 is 0 Å². The lowest BCUT2D eigenvalue weighted by molar-refractivity contribution is 0.0994. The maximum atomic E-state index is 14.3. The molecule has 8 heteroatoms. The van der Waals surface area contributed by atoms with E-state index in [1.54, 1.807) is 12.3 Å². The molecule has 0 radical (unpaired) electrons. The third-order valence-electron chi connectivity index (χ3n) is 6.93. The Morgan fingerprint density at radius 3 is 2.60 bits per heavy atom. The highest BCUT2D eigenvalue weighted by Crippen LogP contribution is 2.69. The van der Waals surface area contributed by atoms with E-state index in [1.165, 1.54) is 24.4 Å². The molecule has 1 saturated carbocycles. The van der Waals surface area contributed by atoms with E-state index in [0.717, 1.165) is 24.1 Å². The molecule has 2 aliphatic carbocycles. The molecule has 152 valence electrons. The van der Waals surface area contributed by atoms with Crippen molar-refractivity contribution in [3.63, 3.8) is 0 Å². The molecule has 0 spiro atoms. The van der Waals surface area contributed by atoms with Gasteiger partial charge in [0.2, 0.25) is 0 Å². The van der Waals surface area contributed by atoms with Gasteiger partial charge in [-0.15, -0.1) is 5.10 Å². The lowest BCUT2D eigenvalue weighted by Gasteiger charge is -2.37. The van der Waals surface area contributed by atoms with E-state index in [1.807, 2.05) is 0 Å². The number of hydrogen-bond donors (Lipinski definition) is 1. The second-order valence-electron chi connectivity index (χ2n) is 8.50. The van der Waals surface area contributed by atoms with Crippen LogP contribution in [0.15, 0.2) is 36.7 Å². The summed E-state index contributed by atoms with van der Waals surface area (Å²) in [5, 5.41) is 8.64. The predicted octanol–water partition coefficient (Wildman–Crippen LogP) is 3.51. The minimum absolute atomic E-state index is 0.0904. The first-order valence-corrected chi connectivity index (χ1v) is 9.72. The number of primary amides is 1. The molecule has 2 aliphatic rings. The number of aromatic nitrogens is 4. The summed E-state index contributed by atoms with van der Waals surface area (Å²) in [6.45, 7) is 4.24. The van der Waals surface area contributed by atoms with Crippen LogP contribution >= 0.6 is 0 Å². The van der Waals surface area contributed by atoms with Crippen LogP contribution in [-0.4, -0.2) is 26.1 Å². The van der Waals surface area contributed by atoms with Crippen LogP contribution in [0.25, 0.3) is 11.3 Å². The Labute approximate surface area is 171 Å². The minimum Gasteiger partial charge on any atom is -0.364 e. The number of amides is 1. The number of carbonyl (C=O) groups is 1. The highest BCUT2D eigenvalue weighted by molar-refractivity contribution is 5.90. The highest BCUT2D eigenvalue weighted by Gasteiger charge is 2.65. The molecule has 2 N–H and O–H groups in total. The van der Waals surface area contributed by atoms with E-state index in [4.69, 9.17) is 5.73 Å². The Hall–Kier alpha value is -3.29. The van der Waals surface area contributed by atoms with Crippen molar-refractivity contribution in [3.8, 4) is 11.3 Å². The number of nitrogens with zero attached hydrogens (tertiary/aromatic N) is 4. The second-order valence-corrected chi connectivity index (χ2v) is 8.50.